The van der Waals surface area contributed by atoms with Crippen LogP contribution in [0.3, 0.4) is 0 Å². The van der Waals surface area contributed by atoms with Crippen LogP contribution >= 0.6 is 11.8 Å². The maximum atomic E-state index is 12.9. The van der Waals surface area contributed by atoms with Crippen LogP contribution in [-0.2, 0) is 14.8 Å². The molecule has 2 aliphatic heterocycles. The molecule has 7 heteroatoms. The first kappa shape index (κ1) is 15.8. The van der Waals surface area contributed by atoms with Gasteiger partial charge in [-0.3, -0.25) is 4.79 Å². The molecular weight excluding hydrogens is 320 g/mol. The third-order valence-corrected chi connectivity index (χ3v) is 7.17. The third-order valence-electron chi connectivity index (χ3n) is 4.14. The Balaban J connectivity index is 1.87. The van der Waals surface area contributed by atoms with Crippen LogP contribution in [0.15, 0.2) is 29.2 Å². The molecule has 1 atom stereocenters. The fourth-order valence-corrected chi connectivity index (χ4v) is 6.16. The number of hydrogen-bond acceptors (Lipinski definition) is 4. The summed E-state index contributed by atoms with van der Waals surface area (Å²) in [5.74, 6) is 0.847. The van der Waals surface area contributed by atoms with Gasteiger partial charge in [-0.1, -0.05) is 12.1 Å². The number of amides is 1. The van der Waals surface area contributed by atoms with Gasteiger partial charge in [0.2, 0.25) is 15.9 Å². The van der Waals surface area contributed by atoms with E-state index >= 15 is 0 Å². The summed E-state index contributed by atoms with van der Waals surface area (Å²) < 4.78 is 27.1. The quantitative estimate of drug-likeness (QED) is 0.840. The van der Waals surface area contributed by atoms with Crippen molar-refractivity contribution in [2.24, 2.45) is 0 Å². The number of benzene rings is 1. The van der Waals surface area contributed by atoms with E-state index in [0.717, 1.165) is 31.5 Å². The zero-order valence-corrected chi connectivity index (χ0v) is 14.2. The maximum absolute atomic E-state index is 12.9. The zero-order valence-electron chi connectivity index (χ0n) is 12.6. The molecule has 2 aliphatic rings. The molecule has 1 unspecified atom stereocenters. The van der Waals surface area contributed by atoms with Crippen LogP contribution in [0.1, 0.15) is 18.4 Å². The van der Waals surface area contributed by atoms with E-state index in [-0.39, 0.29) is 10.8 Å². The molecule has 2 heterocycles. The average Bonchev–Trinajstić information content (AvgIpc) is 3.18. The minimum atomic E-state index is -3.62. The fraction of sp³-hybridized carbons (Fsp3) is 0.533. The van der Waals surface area contributed by atoms with E-state index in [0.29, 0.717) is 11.6 Å². The van der Waals surface area contributed by atoms with Gasteiger partial charge in [0.05, 0.1) is 10.8 Å². The number of carbonyl (C=O) groups is 1. The second-order valence-corrected chi connectivity index (χ2v) is 8.65. The van der Waals surface area contributed by atoms with Crippen molar-refractivity contribution in [1.29, 1.82) is 0 Å². The topological polar surface area (TPSA) is 57.7 Å². The molecule has 2 fully saturated rings. The van der Waals surface area contributed by atoms with Crippen molar-refractivity contribution in [1.82, 2.24) is 9.21 Å². The number of thioether (sulfide) groups is 1. The van der Waals surface area contributed by atoms with Gasteiger partial charge in [0.15, 0.2) is 0 Å². The van der Waals surface area contributed by atoms with Gasteiger partial charge in [0, 0.05) is 18.8 Å². The van der Waals surface area contributed by atoms with E-state index in [1.54, 1.807) is 23.1 Å². The van der Waals surface area contributed by atoms with Crippen LogP contribution in [-0.4, -0.2) is 54.3 Å². The Labute approximate surface area is 135 Å². The molecule has 22 heavy (non-hydrogen) atoms. The highest BCUT2D eigenvalue weighted by molar-refractivity contribution is 8.00. The Hall–Kier alpha value is -1.05. The number of sulfonamides is 1. The van der Waals surface area contributed by atoms with E-state index in [2.05, 4.69) is 0 Å². The summed E-state index contributed by atoms with van der Waals surface area (Å²) in [5.41, 5.74) is 0.898. The number of rotatable bonds is 3. The van der Waals surface area contributed by atoms with Crippen molar-refractivity contribution >= 4 is 27.7 Å². The van der Waals surface area contributed by atoms with Gasteiger partial charge in [-0.2, -0.15) is 4.31 Å². The molecule has 5 nitrogen and oxygen atoms in total. The van der Waals surface area contributed by atoms with Crippen molar-refractivity contribution < 1.29 is 13.2 Å². The summed E-state index contributed by atoms with van der Waals surface area (Å²) in [4.78, 5) is 14.7. The molecule has 3 rings (SSSR count). The standard InChI is InChI=1S/C15H20N2O3S2/c1-12-5-4-6-13(9-12)22(19,20)17-11-21-10-14(17)15(18)16-7-2-3-8-16/h4-6,9,14H,2-3,7-8,10-11H2,1H3. The lowest BCUT2D eigenvalue weighted by atomic mass is 10.2. The molecule has 0 bridgehead atoms. The van der Waals surface area contributed by atoms with Gasteiger partial charge in [-0.15, -0.1) is 11.8 Å². The third kappa shape index (κ3) is 2.89. The normalized spacial score (nSPS) is 23.1. The summed E-state index contributed by atoms with van der Waals surface area (Å²) in [6.45, 7) is 3.36. The summed E-state index contributed by atoms with van der Waals surface area (Å²) in [5, 5.41) is 0. The van der Waals surface area contributed by atoms with Gasteiger partial charge in [-0.25, -0.2) is 8.42 Å². The minimum absolute atomic E-state index is 0.0428. The second-order valence-electron chi connectivity index (χ2n) is 5.76. The lowest BCUT2D eigenvalue weighted by Crippen LogP contribution is -2.48. The predicted octanol–water partition coefficient (Wildman–Crippen LogP) is 1.68. The van der Waals surface area contributed by atoms with E-state index in [9.17, 15) is 13.2 Å². The lowest BCUT2D eigenvalue weighted by molar-refractivity contribution is -0.133. The molecule has 0 aliphatic carbocycles. The highest BCUT2D eigenvalue weighted by Crippen LogP contribution is 2.30. The number of aryl methyl sites for hydroxylation is 1. The van der Waals surface area contributed by atoms with E-state index < -0.39 is 16.1 Å². The molecule has 1 amide bonds. The molecular formula is C15H20N2O3S2. The van der Waals surface area contributed by atoms with Crippen molar-refractivity contribution in [3.63, 3.8) is 0 Å². The lowest BCUT2D eigenvalue weighted by Gasteiger charge is -2.26. The molecule has 0 saturated carbocycles. The summed E-state index contributed by atoms with van der Waals surface area (Å²) >= 11 is 1.50. The number of likely N-dealkylation sites (tertiary alicyclic amines) is 1. The van der Waals surface area contributed by atoms with E-state index in [1.165, 1.54) is 16.1 Å². The number of nitrogens with zero attached hydrogens (tertiary/aromatic N) is 2. The van der Waals surface area contributed by atoms with E-state index in [1.807, 2.05) is 13.0 Å². The predicted molar refractivity (Wildman–Crippen MR) is 87.1 cm³/mol. The van der Waals surface area contributed by atoms with Gasteiger partial charge < -0.3 is 4.90 Å². The van der Waals surface area contributed by atoms with Crippen molar-refractivity contribution in [2.75, 3.05) is 24.7 Å². The van der Waals surface area contributed by atoms with Crippen LogP contribution in [0.4, 0.5) is 0 Å². The van der Waals surface area contributed by atoms with Crippen molar-refractivity contribution in [2.45, 2.75) is 30.7 Å². The second kappa shape index (κ2) is 6.22. The molecule has 0 radical (unpaired) electrons. The first-order valence-corrected chi connectivity index (χ1v) is 10.0. The largest absolute Gasteiger partial charge is 0.341 e. The molecule has 0 spiro atoms. The first-order valence-electron chi connectivity index (χ1n) is 7.45. The molecule has 0 aromatic heterocycles. The van der Waals surface area contributed by atoms with Crippen molar-refractivity contribution in [3.8, 4) is 0 Å². The van der Waals surface area contributed by atoms with Crippen LogP contribution in [0.5, 0.6) is 0 Å². The molecule has 0 N–H and O–H groups in total. The average molecular weight is 340 g/mol. The smallest absolute Gasteiger partial charge is 0.244 e. The molecule has 120 valence electrons. The van der Waals surface area contributed by atoms with Gasteiger partial charge in [0.1, 0.15) is 6.04 Å². The zero-order chi connectivity index (χ0) is 15.7. The number of carbonyl (C=O) groups excluding carboxylic acids is 1. The summed E-state index contributed by atoms with van der Waals surface area (Å²) in [7, 11) is -3.62. The summed E-state index contributed by atoms with van der Waals surface area (Å²) in [6, 6.07) is 6.31. The fourth-order valence-electron chi connectivity index (χ4n) is 2.92. The van der Waals surface area contributed by atoms with Crippen LogP contribution < -0.4 is 0 Å². The monoisotopic (exact) mass is 340 g/mol. The Morgan fingerprint density at radius 3 is 2.68 bits per heavy atom. The van der Waals surface area contributed by atoms with Crippen LogP contribution in [0.25, 0.3) is 0 Å². The Morgan fingerprint density at radius 1 is 1.27 bits per heavy atom. The Bertz CT molecular complexity index is 669. The van der Waals surface area contributed by atoms with E-state index in [4.69, 9.17) is 0 Å². The Kier molecular flexibility index (Phi) is 4.47. The van der Waals surface area contributed by atoms with Gasteiger partial charge >= 0.3 is 0 Å². The highest BCUT2D eigenvalue weighted by atomic mass is 32.2. The molecule has 1 aromatic rings. The SMILES string of the molecule is Cc1cccc(S(=O)(=O)N2CSCC2C(=O)N2CCCC2)c1. The number of hydrogen-bond donors (Lipinski definition) is 0. The van der Waals surface area contributed by atoms with Gasteiger partial charge in [0.25, 0.3) is 0 Å². The molecule has 2 saturated heterocycles. The van der Waals surface area contributed by atoms with Crippen molar-refractivity contribution in [3.05, 3.63) is 29.8 Å². The minimum Gasteiger partial charge on any atom is -0.341 e. The first-order chi connectivity index (χ1) is 10.5. The highest BCUT2D eigenvalue weighted by Gasteiger charge is 2.42. The van der Waals surface area contributed by atoms with Crippen LogP contribution in [0, 0.1) is 6.92 Å². The molecule has 1 aromatic carbocycles. The maximum Gasteiger partial charge on any atom is 0.244 e. The van der Waals surface area contributed by atoms with Crippen LogP contribution in [0.2, 0.25) is 0 Å². The summed E-state index contributed by atoms with van der Waals surface area (Å²) in [6.07, 6.45) is 2.02. The Morgan fingerprint density at radius 2 is 2.00 bits per heavy atom. The van der Waals surface area contributed by atoms with Gasteiger partial charge in [-0.05, 0) is 37.5 Å².